The number of ether oxygens (including phenoxy) is 2. The molecule has 29 heavy (non-hydrogen) atoms. The summed E-state index contributed by atoms with van der Waals surface area (Å²) in [5, 5.41) is 3.05. The predicted molar refractivity (Wildman–Crippen MR) is 113 cm³/mol. The van der Waals surface area contributed by atoms with Crippen molar-refractivity contribution >= 4 is 11.6 Å². The molecule has 6 nitrogen and oxygen atoms in total. The van der Waals surface area contributed by atoms with Crippen molar-refractivity contribution in [1.82, 2.24) is 9.80 Å². The summed E-state index contributed by atoms with van der Waals surface area (Å²) < 4.78 is 10.8. The minimum Gasteiger partial charge on any atom is -0.454 e. The van der Waals surface area contributed by atoms with E-state index in [0.717, 1.165) is 62.0 Å². The molecule has 154 valence electrons. The van der Waals surface area contributed by atoms with Crippen LogP contribution in [0.3, 0.4) is 0 Å². The van der Waals surface area contributed by atoms with Gasteiger partial charge in [0.05, 0.1) is 0 Å². The van der Waals surface area contributed by atoms with Crippen molar-refractivity contribution < 1.29 is 14.3 Å². The summed E-state index contributed by atoms with van der Waals surface area (Å²) in [6, 6.07) is 12.2. The second kappa shape index (κ2) is 8.84. The Morgan fingerprint density at radius 1 is 1.00 bits per heavy atom. The summed E-state index contributed by atoms with van der Waals surface area (Å²) in [5.41, 5.74) is 4.50. The fourth-order valence-corrected chi connectivity index (χ4v) is 3.83. The van der Waals surface area contributed by atoms with Crippen molar-refractivity contribution in [3.8, 4) is 11.5 Å². The predicted octanol–water partition coefficient (Wildman–Crippen LogP) is 3.18. The number of fused-ring (bicyclic) bond motifs is 1. The van der Waals surface area contributed by atoms with Gasteiger partial charge >= 0.3 is 0 Å². The van der Waals surface area contributed by atoms with Gasteiger partial charge in [0, 0.05) is 51.4 Å². The maximum absolute atomic E-state index is 12.3. The first-order chi connectivity index (χ1) is 14.1. The zero-order chi connectivity index (χ0) is 20.2. The number of nitrogens with one attached hydrogen (secondary N) is 1. The fraction of sp³-hybridized carbons (Fsp3) is 0.435. The summed E-state index contributed by atoms with van der Waals surface area (Å²) in [6.45, 7) is 10.1. The topological polar surface area (TPSA) is 54.0 Å². The van der Waals surface area contributed by atoms with Crippen molar-refractivity contribution in [3.63, 3.8) is 0 Å². The van der Waals surface area contributed by atoms with Crippen LogP contribution in [0.1, 0.15) is 23.1 Å². The summed E-state index contributed by atoms with van der Waals surface area (Å²) in [6.07, 6.45) is 0.523. The van der Waals surface area contributed by atoms with Gasteiger partial charge < -0.3 is 19.7 Å². The van der Waals surface area contributed by atoms with Gasteiger partial charge in [-0.2, -0.15) is 0 Å². The van der Waals surface area contributed by atoms with Crippen LogP contribution >= 0.6 is 0 Å². The van der Waals surface area contributed by atoms with E-state index >= 15 is 0 Å². The summed E-state index contributed by atoms with van der Waals surface area (Å²) >= 11 is 0. The number of hydrogen-bond acceptors (Lipinski definition) is 5. The number of piperazine rings is 1. The first-order valence-corrected chi connectivity index (χ1v) is 10.3. The van der Waals surface area contributed by atoms with Crippen molar-refractivity contribution in [2.45, 2.75) is 26.8 Å². The van der Waals surface area contributed by atoms with Crippen LogP contribution in [0.5, 0.6) is 11.5 Å². The minimum atomic E-state index is 0.0847. The Morgan fingerprint density at radius 3 is 2.59 bits per heavy atom. The number of nitrogens with zero attached hydrogens (tertiary/aromatic N) is 2. The third kappa shape index (κ3) is 4.89. The fourth-order valence-electron chi connectivity index (χ4n) is 3.83. The molecule has 0 atom stereocenters. The van der Waals surface area contributed by atoms with E-state index in [1.54, 1.807) is 0 Å². The van der Waals surface area contributed by atoms with Crippen LogP contribution in [0, 0.1) is 13.8 Å². The molecule has 2 aromatic rings. The first-order valence-electron chi connectivity index (χ1n) is 10.3. The van der Waals surface area contributed by atoms with Crippen LogP contribution in [0.25, 0.3) is 0 Å². The van der Waals surface area contributed by atoms with Crippen LogP contribution in [-0.4, -0.2) is 55.2 Å². The zero-order valence-electron chi connectivity index (χ0n) is 17.2. The van der Waals surface area contributed by atoms with E-state index in [1.165, 1.54) is 11.1 Å². The van der Waals surface area contributed by atoms with E-state index in [2.05, 4.69) is 40.2 Å². The third-order valence-electron chi connectivity index (χ3n) is 5.84. The number of aryl methyl sites for hydroxylation is 1. The van der Waals surface area contributed by atoms with Crippen LogP contribution in [0.15, 0.2) is 36.4 Å². The summed E-state index contributed by atoms with van der Waals surface area (Å²) in [7, 11) is 0. The van der Waals surface area contributed by atoms with Crippen LogP contribution < -0.4 is 14.8 Å². The van der Waals surface area contributed by atoms with E-state index in [-0.39, 0.29) is 5.91 Å². The lowest BCUT2D eigenvalue weighted by molar-refractivity contribution is -0.116. The molecule has 0 spiro atoms. The first kappa shape index (κ1) is 19.7. The van der Waals surface area contributed by atoms with Gasteiger partial charge in [-0.15, -0.1) is 0 Å². The van der Waals surface area contributed by atoms with Gasteiger partial charge in [0.25, 0.3) is 0 Å². The Bertz CT molecular complexity index is 876. The number of amides is 1. The largest absolute Gasteiger partial charge is 0.454 e. The molecule has 2 heterocycles. The Kier molecular flexibility index (Phi) is 6.02. The van der Waals surface area contributed by atoms with E-state index in [1.807, 2.05) is 25.1 Å². The molecule has 6 heteroatoms. The van der Waals surface area contributed by atoms with Crippen LogP contribution in [0.4, 0.5) is 5.69 Å². The summed E-state index contributed by atoms with van der Waals surface area (Å²) in [4.78, 5) is 17.2. The Balaban J connectivity index is 1.20. The molecule has 0 saturated carbocycles. The van der Waals surface area contributed by atoms with Crippen molar-refractivity contribution in [3.05, 3.63) is 53.1 Å². The van der Waals surface area contributed by atoms with E-state index in [0.29, 0.717) is 13.2 Å². The lowest BCUT2D eigenvalue weighted by atomic mass is 10.1. The average molecular weight is 396 g/mol. The molecule has 2 aliphatic heterocycles. The van der Waals surface area contributed by atoms with Gasteiger partial charge in [0.1, 0.15) is 0 Å². The Hall–Kier alpha value is -2.57. The molecule has 1 N–H and O–H groups in total. The molecule has 4 rings (SSSR count). The molecule has 0 bridgehead atoms. The highest BCUT2D eigenvalue weighted by Crippen LogP contribution is 2.32. The minimum absolute atomic E-state index is 0.0847. The quantitative estimate of drug-likeness (QED) is 0.814. The molecule has 1 amide bonds. The molecule has 0 aromatic heterocycles. The molecular formula is C23H29N3O3. The van der Waals surface area contributed by atoms with Gasteiger partial charge in [-0.3, -0.25) is 9.69 Å². The molecule has 0 unspecified atom stereocenters. The maximum Gasteiger partial charge on any atom is 0.231 e. The maximum atomic E-state index is 12.3. The average Bonchev–Trinajstić information content (AvgIpc) is 3.19. The monoisotopic (exact) mass is 395 g/mol. The van der Waals surface area contributed by atoms with Gasteiger partial charge in [-0.05, 0) is 48.7 Å². The highest BCUT2D eigenvalue weighted by Gasteiger charge is 2.19. The van der Waals surface area contributed by atoms with Gasteiger partial charge in [-0.1, -0.05) is 18.2 Å². The molecule has 0 aliphatic carbocycles. The number of hydrogen-bond donors (Lipinski definition) is 1. The van der Waals surface area contributed by atoms with Crippen molar-refractivity contribution in [2.24, 2.45) is 0 Å². The van der Waals surface area contributed by atoms with E-state index in [9.17, 15) is 4.79 Å². The van der Waals surface area contributed by atoms with Gasteiger partial charge in [-0.25, -0.2) is 0 Å². The second-order valence-corrected chi connectivity index (χ2v) is 7.85. The zero-order valence-corrected chi connectivity index (χ0v) is 17.2. The molecule has 2 aliphatic rings. The normalized spacial score (nSPS) is 16.8. The highest BCUT2D eigenvalue weighted by atomic mass is 16.7. The number of rotatable bonds is 6. The Morgan fingerprint density at radius 2 is 1.76 bits per heavy atom. The Labute approximate surface area is 172 Å². The number of benzene rings is 2. The highest BCUT2D eigenvalue weighted by molar-refractivity contribution is 5.91. The molecule has 0 radical (unpaired) electrons. The standard InChI is InChI=1S/C23H29N3O3/c1-17-4-3-5-20(18(17)2)24-23(27)8-9-25-10-12-26(13-11-25)15-19-6-7-21-22(14-19)29-16-28-21/h3-7,14H,8-13,15-16H2,1-2H3,(H,24,27). The van der Waals surface area contributed by atoms with Crippen molar-refractivity contribution in [2.75, 3.05) is 44.8 Å². The van der Waals surface area contributed by atoms with E-state index in [4.69, 9.17) is 9.47 Å². The smallest absolute Gasteiger partial charge is 0.231 e. The number of carbonyl (C=O) groups excluding carboxylic acids is 1. The lowest BCUT2D eigenvalue weighted by Crippen LogP contribution is -2.46. The third-order valence-corrected chi connectivity index (χ3v) is 5.84. The molecule has 1 fully saturated rings. The number of carbonyl (C=O) groups is 1. The van der Waals surface area contributed by atoms with Gasteiger partial charge in [0.2, 0.25) is 12.7 Å². The van der Waals surface area contributed by atoms with Crippen LogP contribution in [0.2, 0.25) is 0 Å². The summed E-state index contributed by atoms with van der Waals surface area (Å²) in [5.74, 6) is 1.76. The SMILES string of the molecule is Cc1cccc(NC(=O)CCN2CCN(Cc3ccc4c(c3)OCO4)CC2)c1C. The van der Waals surface area contributed by atoms with E-state index < -0.39 is 0 Å². The van der Waals surface area contributed by atoms with Gasteiger partial charge in [0.15, 0.2) is 11.5 Å². The second-order valence-electron chi connectivity index (χ2n) is 7.85. The molecule has 1 saturated heterocycles. The van der Waals surface area contributed by atoms with Crippen molar-refractivity contribution in [1.29, 1.82) is 0 Å². The lowest BCUT2D eigenvalue weighted by Gasteiger charge is -2.34. The van der Waals surface area contributed by atoms with Crippen LogP contribution in [-0.2, 0) is 11.3 Å². The molecular weight excluding hydrogens is 366 g/mol. The number of anilines is 1. The molecule has 2 aromatic carbocycles.